The van der Waals surface area contributed by atoms with E-state index in [1.807, 2.05) is 12.1 Å². The maximum absolute atomic E-state index is 12.9. The minimum Gasteiger partial charge on any atom is -0.497 e. The lowest BCUT2D eigenvalue weighted by atomic mass is 10.0. The molecule has 2 heterocycles. The van der Waals surface area contributed by atoms with Gasteiger partial charge < -0.3 is 24.1 Å². The van der Waals surface area contributed by atoms with Gasteiger partial charge in [0.25, 0.3) is 5.91 Å². The zero-order valence-electron chi connectivity index (χ0n) is 20.7. The van der Waals surface area contributed by atoms with Crippen molar-refractivity contribution < 1.29 is 23.5 Å². The molecule has 0 unspecified atom stereocenters. The molecule has 0 saturated carbocycles. The zero-order valence-corrected chi connectivity index (χ0v) is 20.7. The minimum atomic E-state index is -0.580. The lowest BCUT2D eigenvalue weighted by molar-refractivity contribution is 0.0520. The molecule has 1 amide bonds. The first-order valence-corrected chi connectivity index (χ1v) is 12.2. The first-order chi connectivity index (χ1) is 17.6. The maximum Gasteiger partial charge on any atom is 0.360 e. The largest absolute Gasteiger partial charge is 0.497 e. The number of hydrogen-bond acceptors (Lipinski definition) is 8. The summed E-state index contributed by atoms with van der Waals surface area (Å²) in [6.07, 6.45) is 2.03. The molecule has 190 valence electrons. The van der Waals surface area contributed by atoms with Crippen LogP contribution in [0.2, 0.25) is 0 Å². The first kappa shape index (κ1) is 25.2. The van der Waals surface area contributed by atoms with Crippen LogP contribution in [-0.2, 0) is 4.74 Å². The van der Waals surface area contributed by atoms with Gasteiger partial charge in [-0.3, -0.25) is 9.69 Å². The Morgan fingerprint density at radius 3 is 2.53 bits per heavy atom. The molecule has 0 atom stereocenters. The summed E-state index contributed by atoms with van der Waals surface area (Å²) < 4.78 is 15.7. The molecule has 1 aromatic heterocycles. The van der Waals surface area contributed by atoms with E-state index in [0.29, 0.717) is 17.7 Å². The summed E-state index contributed by atoms with van der Waals surface area (Å²) in [5, 5.41) is 2.99. The Hall–Kier alpha value is -3.85. The molecule has 0 spiro atoms. The van der Waals surface area contributed by atoms with Crippen LogP contribution < -0.4 is 15.0 Å². The summed E-state index contributed by atoms with van der Waals surface area (Å²) in [6, 6.07) is 15.2. The lowest BCUT2D eigenvalue weighted by Crippen LogP contribution is -2.47. The molecule has 1 fully saturated rings. The number of benzene rings is 2. The molecular formula is C27H32N4O5. The van der Waals surface area contributed by atoms with Gasteiger partial charge in [-0.05, 0) is 50.2 Å². The Bertz CT molecular complexity index is 1150. The van der Waals surface area contributed by atoms with Gasteiger partial charge in [-0.1, -0.05) is 18.2 Å². The fourth-order valence-electron chi connectivity index (χ4n) is 4.28. The molecule has 9 heteroatoms. The molecule has 9 nitrogen and oxygen atoms in total. The number of nitrogens with one attached hydrogen (secondary N) is 1. The van der Waals surface area contributed by atoms with Gasteiger partial charge in [0.15, 0.2) is 17.8 Å². The van der Waals surface area contributed by atoms with Gasteiger partial charge in [0.1, 0.15) is 5.75 Å². The number of piperazine rings is 1. The van der Waals surface area contributed by atoms with Gasteiger partial charge in [0, 0.05) is 44.0 Å². The highest BCUT2D eigenvalue weighted by molar-refractivity contribution is 6.03. The predicted molar refractivity (Wildman–Crippen MR) is 136 cm³/mol. The monoisotopic (exact) mass is 492 g/mol. The van der Waals surface area contributed by atoms with Crippen molar-refractivity contribution in [1.29, 1.82) is 0 Å². The molecule has 1 aliphatic rings. The fourth-order valence-corrected chi connectivity index (χ4v) is 4.28. The normalized spacial score (nSPS) is 13.9. The second-order valence-electron chi connectivity index (χ2n) is 8.43. The summed E-state index contributed by atoms with van der Waals surface area (Å²) in [7, 11) is 1.67. The average molecular weight is 493 g/mol. The van der Waals surface area contributed by atoms with E-state index in [0.717, 1.165) is 44.9 Å². The van der Waals surface area contributed by atoms with Crippen molar-refractivity contribution in [2.45, 2.75) is 13.3 Å². The number of anilines is 1. The molecular weight excluding hydrogens is 460 g/mol. The molecule has 1 N–H and O–H groups in total. The Morgan fingerprint density at radius 1 is 1.06 bits per heavy atom. The summed E-state index contributed by atoms with van der Waals surface area (Å²) in [6.45, 7) is 7.29. The smallest absolute Gasteiger partial charge is 0.360 e. The Labute approximate surface area is 211 Å². The summed E-state index contributed by atoms with van der Waals surface area (Å²) >= 11 is 0. The number of nitrogens with zero attached hydrogens (tertiary/aromatic N) is 3. The number of carbonyl (C=O) groups excluding carboxylic acids is 2. The highest BCUT2D eigenvalue weighted by atomic mass is 16.5. The summed E-state index contributed by atoms with van der Waals surface area (Å²) in [4.78, 5) is 33.9. The van der Waals surface area contributed by atoms with Crippen LogP contribution in [0.3, 0.4) is 0 Å². The Balaban J connectivity index is 1.26. The van der Waals surface area contributed by atoms with E-state index in [1.54, 1.807) is 38.3 Å². The van der Waals surface area contributed by atoms with Crippen LogP contribution in [0.4, 0.5) is 5.69 Å². The summed E-state index contributed by atoms with van der Waals surface area (Å²) in [5.41, 5.74) is 2.20. The van der Waals surface area contributed by atoms with E-state index in [1.165, 1.54) is 12.1 Å². The number of hydrogen-bond donors (Lipinski definition) is 1. The van der Waals surface area contributed by atoms with Gasteiger partial charge in [0.2, 0.25) is 0 Å². The van der Waals surface area contributed by atoms with E-state index >= 15 is 0 Å². The van der Waals surface area contributed by atoms with E-state index in [2.05, 4.69) is 32.2 Å². The average Bonchev–Trinajstić information content (AvgIpc) is 3.42. The van der Waals surface area contributed by atoms with Crippen molar-refractivity contribution in [3.05, 3.63) is 66.2 Å². The number of methoxy groups -OCH3 is 1. The van der Waals surface area contributed by atoms with Crippen LogP contribution in [-0.4, -0.2) is 74.7 Å². The number of ether oxygens (including phenoxy) is 2. The maximum atomic E-state index is 12.9. The second-order valence-corrected chi connectivity index (χ2v) is 8.43. The van der Waals surface area contributed by atoms with Crippen molar-refractivity contribution >= 4 is 17.6 Å². The summed E-state index contributed by atoms with van der Waals surface area (Å²) in [5.74, 6) is 0.293. The number of aromatic nitrogens is 1. The van der Waals surface area contributed by atoms with Crippen LogP contribution in [0.25, 0.3) is 11.3 Å². The van der Waals surface area contributed by atoms with Crippen LogP contribution in [0, 0.1) is 0 Å². The number of oxazole rings is 1. The highest BCUT2D eigenvalue weighted by Gasteiger charge is 2.23. The standard InChI is InChI=1S/C27H32N4O5/c1-3-35-27(33)24-25(36-19-29-24)22-7-4-5-8-23(22)26(32)28-13-6-14-30-15-17-31(18-16-30)20-9-11-21(34-2)12-10-20/h4-5,7-12,19H,3,6,13-18H2,1-2H3,(H,28,32). The number of amides is 1. The molecule has 0 aliphatic carbocycles. The first-order valence-electron chi connectivity index (χ1n) is 12.2. The van der Waals surface area contributed by atoms with E-state index in [-0.39, 0.29) is 24.0 Å². The van der Waals surface area contributed by atoms with Crippen LogP contribution >= 0.6 is 0 Å². The molecule has 36 heavy (non-hydrogen) atoms. The molecule has 0 radical (unpaired) electrons. The van der Waals surface area contributed by atoms with Gasteiger partial charge in [-0.25, -0.2) is 9.78 Å². The molecule has 1 aliphatic heterocycles. The van der Waals surface area contributed by atoms with E-state index in [4.69, 9.17) is 13.9 Å². The van der Waals surface area contributed by atoms with E-state index in [9.17, 15) is 9.59 Å². The highest BCUT2D eigenvalue weighted by Crippen LogP contribution is 2.27. The van der Waals surface area contributed by atoms with Gasteiger partial charge in [-0.2, -0.15) is 0 Å². The number of carbonyl (C=O) groups is 2. The minimum absolute atomic E-state index is 0.0610. The van der Waals surface area contributed by atoms with Crippen molar-refractivity contribution in [3.63, 3.8) is 0 Å². The third-order valence-electron chi connectivity index (χ3n) is 6.20. The quantitative estimate of drug-likeness (QED) is 0.340. The molecule has 2 aromatic carbocycles. The van der Waals surface area contributed by atoms with Crippen molar-refractivity contribution in [2.75, 3.05) is 57.9 Å². The molecule has 0 bridgehead atoms. The lowest BCUT2D eigenvalue weighted by Gasteiger charge is -2.36. The van der Waals surface area contributed by atoms with E-state index < -0.39 is 5.97 Å². The van der Waals surface area contributed by atoms with Gasteiger partial charge in [0.05, 0.1) is 19.3 Å². The third kappa shape index (κ3) is 6.04. The third-order valence-corrected chi connectivity index (χ3v) is 6.20. The van der Waals surface area contributed by atoms with Crippen LogP contribution in [0.5, 0.6) is 5.75 Å². The number of esters is 1. The number of rotatable bonds is 10. The molecule has 4 rings (SSSR count). The SMILES string of the molecule is CCOC(=O)c1ncoc1-c1ccccc1C(=O)NCCCN1CCN(c2ccc(OC)cc2)CC1. The molecule has 1 saturated heterocycles. The fraction of sp³-hybridized carbons (Fsp3) is 0.370. The Kier molecular flexibility index (Phi) is 8.57. The van der Waals surface area contributed by atoms with Gasteiger partial charge >= 0.3 is 5.97 Å². The van der Waals surface area contributed by atoms with Crippen molar-refractivity contribution in [1.82, 2.24) is 15.2 Å². The zero-order chi connectivity index (χ0) is 25.3. The van der Waals surface area contributed by atoms with Crippen molar-refractivity contribution in [3.8, 4) is 17.1 Å². The topological polar surface area (TPSA) is 97.1 Å². The predicted octanol–water partition coefficient (Wildman–Crippen LogP) is 3.47. The molecule has 3 aromatic rings. The van der Waals surface area contributed by atoms with Crippen LogP contribution in [0.1, 0.15) is 34.2 Å². The van der Waals surface area contributed by atoms with Gasteiger partial charge in [-0.15, -0.1) is 0 Å². The Morgan fingerprint density at radius 2 is 1.81 bits per heavy atom. The van der Waals surface area contributed by atoms with Crippen LogP contribution in [0.15, 0.2) is 59.3 Å². The second kappa shape index (κ2) is 12.2. The van der Waals surface area contributed by atoms with Crippen molar-refractivity contribution in [2.24, 2.45) is 0 Å².